The van der Waals surface area contributed by atoms with Gasteiger partial charge in [0.1, 0.15) is 5.76 Å². The van der Waals surface area contributed by atoms with Crippen molar-refractivity contribution in [3.63, 3.8) is 0 Å². The highest BCUT2D eigenvalue weighted by atomic mass is 16.3. The third kappa shape index (κ3) is 2.52. The number of imidazole rings is 1. The van der Waals surface area contributed by atoms with Gasteiger partial charge in [-0.1, -0.05) is 13.0 Å². The lowest BCUT2D eigenvalue weighted by Crippen LogP contribution is -2.31. The quantitative estimate of drug-likeness (QED) is 0.801. The minimum atomic E-state index is -0.0111. The van der Waals surface area contributed by atoms with Gasteiger partial charge in [-0.2, -0.15) is 0 Å². The van der Waals surface area contributed by atoms with Crippen LogP contribution in [0.4, 0.5) is 0 Å². The van der Waals surface area contributed by atoms with E-state index in [0.717, 1.165) is 53.4 Å². The van der Waals surface area contributed by atoms with Crippen LogP contribution in [0, 0.1) is 0 Å². The van der Waals surface area contributed by atoms with Crippen LogP contribution in [-0.2, 0) is 12.8 Å². The lowest BCUT2D eigenvalue weighted by atomic mass is 10.00. The fourth-order valence-corrected chi connectivity index (χ4v) is 3.12. The number of rotatable bonds is 4. The summed E-state index contributed by atoms with van der Waals surface area (Å²) in [5, 5.41) is 2.89. The first-order valence-corrected chi connectivity index (χ1v) is 8.30. The average molecular weight is 321 g/mol. The predicted octanol–water partition coefficient (Wildman–Crippen LogP) is 3.37. The van der Waals surface area contributed by atoms with Crippen molar-refractivity contribution in [2.45, 2.75) is 26.2 Å². The topological polar surface area (TPSA) is 60.1 Å². The van der Waals surface area contributed by atoms with Gasteiger partial charge in [0, 0.05) is 36.6 Å². The third-order valence-corrected chi connectivity index (χ3v) is 4.32. The third-order valence-electron chi connectivity index (χ3n) is 4.32. The molecule has 5 nitrogen and oxygen atoms in total. The van der Waals surface area contributed by atoms with Crippen LogP contribution in [0.5, 0.6) is 0 Å². The molecule has 4 rings (SSSR count). The number of carbonyl (C=O) groups excluding carboxylic acids is 1. The second kappa shape index (κ2) is 6.00. The molecule has 5 heteroatoms. The maximum absolute atomic E-state index is 12.1. The molecule has 0 unspecified atom stereocenters. The smallest absolute Gasteiger partial charge is 0.251 e. The maximum atomic E-state index is 12.1. The number of furan rings is 1. The van der Waals surface area contributed by atoms with E-state index in [2.05, 4.69) is 17.2 Å². The van der Waals surface area contributed by atoms with Gasteiger partial charge in [0.25, 0.3) is 5.91 Å². The molecule has 122 valence electrons. The number of carbonyl (C=O) groups is 1. The van der Waals surface area contributed by atoms with Gasteiger partial charge in [-0.25, -0.2) is 4.98 Å². The van der Waals surface area contributed by atoms with Crippen molar-refractivity contribution in [3.8, 4) is 17.3 Å². The van der Waals surface area contributed by atoms with Crippen molar-refractivity contribution in [2.24, 2.45) is 0 Å². The average Bonchev–Trinajstić information content (AvgIpc) is 3.24. The van der Waals surface area contributed by atoms with E-state index in [0.29, 0.717) is 6.54 Å². The summed E-state index contributed by atoms with van der Waals surface area (Å²) in [6.45, 7) is 2.83. The molecule has 1 aliphatic rings. The molecule has 3 heterocycles. The zero-order valence-corrected chi connectivity index (χ0v) is 13.6. The largest absolute Gasteiger partial charge is 0.458 e. The van der Waals surface area contributed by atoms with Crippen LogP contribution in [0.25, 0.3) is 17.3 Å². The van der Waals surface area contributed by atoms with Crippen LogP contribution in [0.1, 0.15) is 35.0 Å². The summed E-state index contributed by atoms with van der Waals surface area (Å²) >= 11 is 0. The van der Waals surface area contributed by atoms with Crippen molar-refractivity contribution in [1.29, 1.82) is 0 Å². The fourth-order valence-electron chi connectivity index (χ4n) is 3.12. The lowest BCUT2D eigenvalue weighted by molar-refractivity contribution is 0.0946. The first-order valence-electron chi connectivity index (χ1n) is 8.30. The molecule has 0 atom stereocenters. The molecule has 2 aromatic heterocycles. The van der Waals surface area contributed by atoms with E-state index in [-0.39, 0.29) is 5.91 Å². The predicted molar refractivity (Wildman–Crippen MR) is 91.3 cm³/mol. The Kier molecular flexibility index (Phi) is 3.69. The van der Waals surface area contributed by atoms with E-state index in [9.17, 15) is 4.79 Å². The van der Waals surface area contributed by atoms with Crippen LogP contribution in [-0.4, -0.2) is 22.0 Å². The van der Waals surface area contributed by atoms with E-state index < -0.39 is 0 Å². The summed E-state index contributed by atoms with van der Waals surface area (Å²) in [6.07, 6.45) is 6.47. The zero-order chi connectivity index (χ0) is 16.5. The molecule has 3 aromatic rings. The van der Waals surface area contributed by atoms with Crippen molar-refractivity contribution in [3.05, 3.63) is 59.6 Å². The van der Waals surface area contributed by atoms with Crippen LogP contribution in [0.15, 0.2) is 47.1 Å². The molecule has 1 aromatic carbocycles. The molecule has 0 aliphatic carbocycles. The Morgan fingerprint density at radius 3 is 3.08 bits per heavy atom. The molecule has 0 spiro atoms. The summed E-state index contributed by atoms with van der Waals surface area (Å²) < 4.78 is 7.86. The number of aromatic nitrogens is 2. The summed E-state index contributed by atoms with van der Waals surface area (Å²) in [6, 6.07) is 9.92. The van der Waals surface area contributed by atoms with Crippen LogP contribution >= 0.6 is 0 Å². The van der Waals surface area contributed by atoms with Crippen molar-refractivity contribution in [1.82, 2.24) is 14.9 Å². The number of fused-ring (bicyclic) bond motifs is 1. The fraction of sp³-hybridized carbons (Fsp3) is 0.263. The molecular weight excluding hydrogens is 302 g/mol. The Morgan fingerprint density at radius 1 is 1.29 bits per heavy atom. The van der Waals surface area contributed by atoms with Gasteiger partial charge >= 0.3 is 0 Å². The van der Waals surface area contributed by atoms with Crippen molar-refractivity contribution in [2.75, 3.05) is 6.54 Å². The maximum Gasteiger partial charge on any atom is 0.251 e. The SMILES string of the molecule is CCCc1ccc(-c2nccn2-c2ccc3c(c2)C(=O)NCC3)o1. The first kappa shape index (κ1) is 14.8. The van der Waals surface area contributed by atoms with Crippen LogP contribution in [0.2, 0.25) is 0 Å². The van der Waals surface area contributed by atoms with Gasteiger partial charge in [-0.05, 0) is 42.7 Å². The minimum Gasteiger partial charge on any atom is -0.458 e. The highest BCUT2D eigenvalue weighted by Gasteiger charge is 2.18. The number of hydrogen-bond acceptors (Lipinski definition) is 3. The van der Waals surface area contributed by atoms with E-state index in [1.807, 2.05) is 41.1 Å². The Morgan fingerprint density at radius 2 is 2.21 bits per heavy atom. The van der Waals surface area contributed by atoms with Gasteiger partial charge < -0.3 is 9.73 Å². The number of aryl methyl sites for hydroxylation is 1. The summed E-state index contributed by atoms with van der Waals surface area (Å²) in [7, 11) is 0. The molecule has 1 aliphatic heterocycles. The van der Waals surface area contributed by atoms with Gasteiger partial charge in [0.15, 0.2) is 11.6 Å². The van der Waals surface area contributed by atoms with E-state index in [1.165, 1.54) is 0 Å². The highest BCUT2D eigenvalue weighted by Crippen LogP contribution is 2.26. The molecule has 0 saturated carbocycles. The van der Waals surface area contributed by atoms with Crippen molar-refractivity contribution >= 4 is 5.91 Å². The van der Waals surface area contributed by atoms with Crippen LogP contribution < -0.4 is 5.32 Å². The number of nitrogens with one attached hydrogen (secondary N) is 1. The molecule has 0 fully saturated rings. The monoisotopic (exact) mass is 321 g/mol. The van der Waals surface area contributed by atoms with Gasteiger partial charge in [0.05, 0.1) is 0 Å². The first-order chi connectivity index (χ1) is 11.8. The summed E-state index contributed by atoms with van der Waals surface area (Å²) in [4.78, 5) is 16.5. The number of hydrogen-bond donors (Lipinski definition) is 1. The molecular formula is C19H19N3O2. The lowest BCUT2D eigenvalue weighted by Gasteiger charge is -2.17. The highest BCUT2D eigenvalue weighted by molar-refractivity contribution is 5.97. The van der Waals surface area contributed by atoms with Crippen molar-refractivity contribution < 1.29 is 9.21 Å². The standard InChI is InChI=1S/C19H19N3O2/c1-2-3-15-6-7-17(24-15)18-20-10-11-22(18)14-5-4-13-8-9-21-19(23)16(13)12-14/h4-7,10-12H,2-3,8-9H2,1H3,(H,21,23). The van der Waals surface area contributed by atoms with E-state index >= 15 is 0 Å². The van der Waals surface area contributed by atoms with Gasteiger partial charge in [0.2, 0.25) is 0 Å². The molecule has 24 heavy (non-hydrogen) atoms. The number of benzene rings is 1. The van der Waals surface area contributed by atoms with E-state index in [4.69, 9.17) is 4.42 Å². The second-order valence-electron chi connectivity index (χ2n) is 5.98. The zero-order valence-electron chi connectivity index (χ0n) is 13.6. The number of nitrogens with zero attached hydrogens (tertiary/aromatic N) is 2. The van der Waals surface area contributed by atoms with Gasteiger partial charge in [-0.3, -0.25) is 9.36 Å². The van der Waals surface area contributed by atoms with E-state index in [1.54, 1.807) is 6.20 Å². The summed E-state index contributed by atoms with van der Waals surface area (Å²) in [5.74, 6) is 2.44. The minimum absolute atomic E-state index is 0.0111. The van der Waals surface area contributed by atoms with Gasteiger partial charge in [-0.15, -0.1) is 0 Å². The molecule has 1 N–H and O–H groups in total. The normalized spacial score (nSPS) is 13.6. The molecule has 0 saturated heterocycles. The Hall–Kier alpha value is -2.82. The molecule has 0 bridgehead atoms. The molecule has 0 radical (unpaired) electrons. The Bertz CT molecular complexity index is 892. The Labute approximate surface area is 140 Å². The number of amides is 1. The second-order valence-corrected chi connectivity index (χ2v) is 5.98. The molecule has 1 amide bonds. The van der Waals surface area contributed by atoms with Crippen LogP contribution in [0.3, 0.4) is 0 Å². The Balaban J connectivity index is 1.74. The summed E-state index contributed by atoms with van der Waals surface area (Å²) in [5.41, 5.74) is 2.74.